The summed E-state index contributed by atoms with van der Waals surface area (Å²) in [5.74, 6) is 1.05. The fourth-order valence-corrected chi connectivity index (χ4v) is 6.05. The summed E-state index contributed by atoms with van der Waals surface area (Å²) in [6.45, 7) is 3.88. The Bertz CT molecular complexity index is 1400. The second-order valence-corrected chi connectivity index (χ2v) is 11.5. The van der Waals surface area contributed by atoms with Gasteiger partial charge in [0.15, 0.2) is 0 Å². The molecule has 0 spiro atoms. The number of thioether (sulfide) groups is 1. The number of hydrogen-bond acceptors (Lipinski definition) is 8. The highest BCUT2D eigenvalue weighted by Crippen LogP contribution is 2.35. The minimum Gasteiger partial charge on any atom is -0.473 e. The highest BCUT2D eigenvalue weighted by molar-refractivity contribution is 8.00. The average Bonchev–Trinajstić information content (AvgIpc) is 3.55. The highest BCUT2D eigenvalue weighted by atomic mass is 32.2. The number of carbonyl (C=O) groups is 2. The molecule has 0 aliphatic carbocycles. The molecule has 2 saturated heterocycles. The lowest BCUT2D eigenvalue weighted by molar-refractivity contribution is -0.113. The van der Waals surface area contributed by atoms with Gasteiger partial charge in [0.2, 0.25) is 11.8 Å². The molecule has 3 aliphatic heterocycles. The van der Waals surface area contributed by atoms with Crippen LogP contribution in [0.25, 0.3) is 11.3 Å². The van der Waals surface area contributed by atoms with Gasteiger partial charge in [-0.1, -0.05) is 24.3 Å². The molecule has 0 saturated carbocycles. The molecule has 10 heteroatoms. The molecular weight excluding hydrogens is 526 g/mol. The average molecular weight is 560 g/mol. The molecule has 0 radical (unpaired) electrons. The molecule has 1 aromatic heterocycles. The molecule has 2 amide bonds. The maximum absolute atomic E-state index is 12.6. The quantitative estimate of drug-likeness (QED) is 0.373. The molecule has 3 aliphatic rings. The fourth-order valence-electron chi connectivity index (χ4n) is 5.26. The Morgan fingerprint density at radius 2 is 2.02 bits per heavy atom. The van der Waals surface area contributed by atoms with Crippen molar-refractivity contribution < 1.29 is 19.1 Å². The highest BCUT2D eigenvalue weighted by Gasteiger charge is 2.32. The van der Waals surface area contributed by atoms with Crippen LogP contribution in [0.2, 0.25) is 0 Å². The number of likely N-dealkylation sites (tertiary alicyclic amines) is 1. The molecule has 6 rings (SSSR count). The largest absolute Gasteiger partial charge is 0.473 e. The predicted molar refractivity (Wildman–Crippen MR) is 156 cm³/mol. The third kappa shape index (κ3) is 6.24. The van der Waals surface area contributed by atoms with Crippen LogP contribution < -0.4 is 20.3 Å². The fraction of sp³-hybridized carbons (Fsp3) is 0.367. The summed E-state index contributed by atoms with van der Waals surface area (Å²) in [5, 5.41) is 6.36. The number of hydrogen-bond donors (Lipinski definition) is 2. The number of likely N-dealkylation sites (N-methyl/N-ethyl adjacent to an activating group) is 1. The topological polar surface area (TPSA) is 96.0 Å². The second kappa shape index (κ2) is 11.9. The summed E-state index contributed by atoms with van der Waals surface area (Å²) < 4.78 is 11.7. The van der Waals surface area contributed by atoms with Gasteiger partial charge >= 0.3 is 6.09 Å². The third-order valence-electron chi connectivity index (χ3n) is 7.34. The van der Waals surface area contributed by atoms with E-state index in [-0.39, 0.29) is 24.2 Å². The van der Waals surface area contributed by atoms with Crippen LogP contribution in [0.1, 0.15) is 18.4 Å². The van der Waals surface area contributed by atoms with E-state index in [9.17, 15) is 9.59 Å². The lowest BCUT2D eigenvalue weighted by Gasteiger charge is -2.20. The summed E-state index contributed by atoms with van der Waals surface area (Å²) in [4.78, 5) is 34.0. The van der Waals surface area contributed by atoms with Crippen molar-refractivity contribution in [3.63, 3.8) is 0 Å². The van der Waals surface area contributed by atoms with Gasteiger partial charge in [0.25, 0.3) is 0 Å². The minimum atomic E-state index is -0.355. The van der Waals surface area contributed by atoms with Gasteiger partial charge in [-0.2, -0.15) is 0 Å². The zero-order chi connectivity index (χ0) is 27.5. The van der Waals surface area contributed by atoms with Gasteiger partial charge in [0.05, 0.1) is 23.7 Å². The number of pyridine rings is 1. The van der Waals surface area contributed by atoms with Gasteiger partial charge in [0.1, 0.15) is 12.2 Å². The number of anilines is 2. The summed E-state index contributed by atoms with van der Waals surface area (Å²) in [5.41, 5.74) is 4.58. The number of rotatable bonds is 9. The first kappa shape index (κ1) is 26.6. The second-order valence-electron chi connectivity index (χ2n) is 10.5. The van der Waals surface area contributed by atoms with E-state index in [0.29, 0.717) is 37.7 Å². The van der Waals surface area contributed by atoms with Gasteiger partial charge in [-0.15, -0.1) is 11.8 Å². The van der Waals surface area contributed by atoms with Crippen molar-refractivity contribution >= 4 is 35.1 Å². The van der Waals surface area contributed by atoms with E-state index in [0.717, 1.165) is 52.6 Å². The number of aromatic nitrogens is 1. The zero-order valence-corrected chi connectivity index (χ0v) is 23.3. The maximum Gasteiger partial charge on any atom is 0.414 e. The Balaban J connectivity index is 0.997. The van der Waals surface area contributed by atoms with E-state index in [2.05, 4.69) is 40.8 Å². The number of amides is 2. The Hall–Kier alpha value is -3.60. The van der Waals surface area contributed by atoms with Gasteiger partial charge in [0, 0.05) is 41.8 Å². The monoisotopic (exact) mass is 559 g/mol. The van der Waals surface area contributed by atoms with E-state index in [1.54, 1.807) is 4.90 Å². The van der Waals surface area contributed by atoms with Crippen molar-refractivity contribution in [2.24, 2.45) is 0 Å². The smallest absolute Gasteiger partial charge is 0.414 e. The molecule has 3 aromatic rings. The molecule has 4 heterocycles. The molecule has 9 nitrogen and oxygen atoms in total. The van der Waals surface area contributed by atoms with E-state index in [1.165, 1.54) is 11.8 Å². The molecule has 2 atom stereocenters. The lowest BCUT2D eigenvalue weighted by Crippen LogP contribution is -2.26. The number of carbonyl (C=O) groups excluding carboxylic acids is 2. The summed E-state index contributed by atoms with van der Waals surface area (Å²) in [6.07, 6.45) is 1.36. The van der Waals surface area contributed by atoms with Gasteiger partial charge in [-0.25, -0.2) is 9.78 Å². The van der Waals surface area contributed by atoms with Gasteiger partial charge in [-0.3, -0.25) is 9.69 Å². The maximum atomic E-state index is 12.6. The predicted octanol–water partition coefficient (Wildman–Crippen LogP) is 4.38. The van der Waals surface area contributed by atoms with Crippen LogP contribution in [0, 0.1) is 0 Å². The SMILES string of the molecule is CN1CC[C@H](Oc2cccc(-c3cccc(CNCC[C@H]4CN(c5ccc6c(c5)NC(=O)CS6)C(=O)O4)c3)n2)C1. The van der Waals surface area contributed by atoms with Crippen molar-refractivity contribution in [3.8, 4) is 17.1 Å². The number of nitrogens with one attached hydrogen (secondary N) is 2. The van der Waals surface area contributed by atoms with E-state index >= 15 is 0 Å². The Morgan fingerprint density at radius 1 is 1.12 bits per heavy atom. The first-order chi connectivity index (χ1) is 19.5. The van der Waals surface area contributed by atoms with Crippen molar-refractivity contribution in [3.05, 3.63) is 66.2 Å². The molecule has 40 heavy (non-hydrogen) atoms. The molecule has 0 bridgehead atoms. The zero-order valence-electron chi connectivity index (χ0n) is 22.5. The van der Waals surface area contributed by atoms with Crippen LogP contribution in [0.5, 0.6) is 5.88 Å². The van der Waals surface area contributed by atoms with Crippen LogP contribution >= 0.6 is 11.8 Å². The van der Waals surface area contributed by atoms with Crippen LogP contribution in [0.15, 0.2) is 65.6 Å². The number of nitrogens with zero attached hydrogens (tertiary/aromatic N) is 3. The van der Waals surface area contributed by atoms with Crippen molar-refractivity contribution in [1.29, 1.82) is 0 Å². The van der Waals surface area contributed by atoms with Gasteiger partial charge in [-0.05, 0) is 62.3 Å². The number of benzene rings is 2. The molecule has 2 N–H and O–H groups in total. The molecule has 2 aromatic carbocycles. The van der Waals surface area contributed by atoms with Crippen LogP contribution in [0.4, 0.5) is 16.2 Å². The summed E-state index contributed by atoms with van der Waals surface area (Å²) >= 11 is 1.50. The summed E-state index contributed by atoms with van der Waals surface area (Å²) in [6, 6.07) is 20.0. The lowest BCUT2D eigenvalue weighted by atomic mass is 10.1. The normalized spacial score (nSPS) is 20.8. The van der Waals surface area contributed by atoms with Crippen molar-refractivity contribution in [2.75, 3.05) is 49.2 Å². The van der Waals surface area contributed by atoms with Crippen molar-refractivity contribution in [2.45, 2.75) is 36.5 Å². The Labute approximate surface area is 238 Å². The third-order valence-corrected chi connectivity index (χ3v) is 8.41. The van der Waals surface area contributed by atoms with Crippen LogP contribution in [-0.4, -0.2) is 73.1 Å². The standard InChI is InChI=1S/C30H33N5O4S/c1-34-13-11-24(17-34)38-29-7-3-6-25(33-29)21-5-2-4-20(14-21)16-31-12-10-23-18-35(30(37)39-23)22-8-9-27-26(15-22)32-28(36)19-40-27/h2-9,14-15,23-24,31H,10-13,16-19H2,1H3,(H,32,36)/t23-,24-/m0/s1. The molecule has 208 valence electrons. The van der Waals surface area contributed by atoms with Crippen LogP contribution in [0.3, 0.4) is 0 Å². The molecule has 0 unspecified atom stereocenters. The number of ether oxygens (including phenoxy) is 2. The Kier molecular flexibility index (Phi) is 7.90. The minimum absolute atomic E-state index is 0.0283. The molecular formula is C30H33N5O4S. The first-order valence-electron chi connectivity index (χ1n) is 13.7. The number of fused-ring (bicyclic) bond motifs is 1. The summed E-state index contributed by atoms with van der Waals surface area (Å²) in [7, 11) is 2.11. The van der Waals surface area contributed by atoms with Crippen molar-refractivity contribution in [1.82, 2.24) is 15.2 Å². The molecule has 2 fully saturated rings. The van der Waals surface area contributed by atoms with Crippen LogP contribution in [-0.2, 0) is 16.1 Å². The van der Waals surface area contributed by atoms with E-state index in [4.69, 9.17) is 14.5 Å². The van der Waals surface area contributed by atoms with E-state index in [1.807, 2.05) is 42.5 Å². The van der Waals surface area contributed by atoms with Gasteiger partial charge < -0.3 is 25.0 Å². The Morgan fingerprint density at radius 3 is 2.90 bits per heavy atom. The van der Waals surface area contributed by atoms with E-state index < -0.39 is 0 Å². The first-order valence-corrected chi connectivity index (χ1v) is 14.7. The number of cyclic esters (lactones) is 1.